The van der Waals surface area contributed by atoms with Gasteiger partial charge in [0.15, 0.2) is 11.8 Å². The van der Waals surface area contributed by atoms with E-state index >= 15 is 0 Å². The predicted octanol–water partition coefficient (Wildman–Crippen LogP) is 2.73. The highest BCUT2D eigenvalue weighted by atomic mass is 16.5. The summed E-state index contributed by atoms with van der Waals surface area (Å²) in [5.74, 6) is 3.60. The molecular weight excluding hydrogens is 364 g/mol. The lowest BCUT2D eigenvalue weighted by Crippen LogP contribution is -2.47. The maximum Gasteiger partial charge on any atom is 0.191 e. The molecule has 2 unspecified atom stereocenters. The molecule has 1 aliphatic rings. The lowest BCUT2D eigenvalue weighted by Gasteiger charge is -2.26. The van der Waals surface area contributed by atoms with Crippen molar-refractivity contribution in [2.75, 3.05) is 20.2 Å². The summed E-state index contributed by atoms with van der Waals surface area (Å²) in [4.78, 5) is 9.48. The normalized spacial score (nSPS) is 17.8. The molecule has 2 heterocycles. The predicted molar refractivity (Wildman–Crippen MR) is 116 cm³/mol. The van der Waals surface area contributed by atoms with E-state index < -0.39 is 0 Å². The summed E-state index contributed by atoms with van der Waals surface area (Å²) < 4.78 is 7.16. The first-order valence-corrected chi connectivity index (χ1v) is 10.6. The second-order valence-electron chi connectivity index (χ2n) is 7.92. The molecule has 7 heteroatoms. The zero-order valence-corrected chi connectivity index (χ0v) is 18.1. The Bertz CT molecular complexity index is 786. The zero-order chi connectivity index (χ0) is 20.6. The molecule has 0 aliphatic carbocycles. The van der Waals surface area contributed by atoms with Gasteiger partial charge in [-0.3, -0.25) is 4.99 Å². The Morgan fingerprint density at radius 3 is 2.79 bits per heavy atom. The lowest BCUT2D eigenvalue weighted by atomic mass is 9.88. The van der Waals surface area contributed by atoms with Gasteiger partial charge in [-0.1, -0.05) is 44.2 Å². The number of guanidine groups is 1. The molecule has 2 aromatic rings. The number of hydrogen-bond acceptors (Lipinski definition) is 4. The Morgan fingerprint density at radius 1 is 1.31 bits per heavy atom. The molecule has 1 aliphatic heterocycles. The molecule has 0 saturated carbocycles. The third kappa shape index (κ3) is 5.79. The Balaban J connectivity index is 1.66. The van der Waals surface area contributed by atoms with Crippen molar-refractivity contribution in [2.24, 2.45) is 10.9 Å². The molecule has 0 amide bonds. The van der Waals surface area contributed by atoms with Gasteiger partial charge in [0.25, 0.3) is 0 Å². The Labute approximate surface area is 174 Å². The van der Waals surface area contributed by atoms with Crippen LogP contribution in [0.2, 0.25) is 0 Å². The molecule has 1 aromatic heterocycles. The summed E-state index contributed by atoms with van der Waals surface area (Å²) in [5.41, 5.74) is 1.35. The van der Waals surface area contributed by atoms with E-state index in [1.807, 2.05) is 4.68 Å². The molecule has 2 N–H and O–H groups in total. The second kappa shape index (κ2) is 10.4. The van der Waals surface area contributed by atoms with Crippen LogP contribution in [0.5, 0.6) is 0 Å². The largest absolute Gasteiger partial charge is 0.377 e. The molecule has 7 nitrogen and oxygen atoms in total. The van der Waals surface area contributed by atoms with Gasteiger partial charge in [0.05, 0.1) is 6.54 Å². The summed E-state index contributed by atoms with van der Waals surface area (Å²) >= 11 is 0. The van der Waals surface area contributed by atoms with Crippen LogP contribution in [0, 0.1) is 5.92 Å². The number of aryl methyl sites for hydroxylation is 1. The van der Waals surface area contributed by atoms with E-state index in [1.54, 1.807) is 7.11 Å². The van der Waals surface area contributed by atoms with E-state index in [1.165, 1.54) is 5.56 Å². The van der Waals surface area contributed by atoms with Crippen LogP contribution >= 0.6 is 0 Å². The number of fused-ring (bicyclic) bond motifs is 1. The quantitative estimate of drug-likeness (QED) is 0.528. The summed E-state index contributed by atoms with van der Waals surface area (Å²) in [5, 5.41) is 11.6. The first kappa shape index (κ1) is 21.3. The van der Waals surface area contributed by atoms with Crippen molar-refractivity contribution in [3.63, 3.8) is 0 Å². The van der Waals surface area contributed by atoms with Gasteiger partial charge in [0.2, 0.25) is 0 Å². The number of methoxy groups -OCH3 is 1. The zero-order valence-electron chi connectivity index (χ0n) is 18.1. The van der Waals surface area contributed by atoms with Gasteiger partial charge in [0, 0.05) is 38.6 Å². The fourth-order valence-electron chi connectivity index (χ4n) is 3.77. The van der Waals surface area contributed by atoms with Gasteiger partial charge in [-0.25, -0.2) is 9.67 Å². The van der Waals surface area contributed by atoms with Crippen molar-refractivity contribution in [1.82, 2.24) is 25.4 Å². The van der Waals surface area contributed by atoms with Crippen molar-refractivity contribution in [3.8, 4) is 0 Å². The van der Waals surface area contributed by atoms with E-state index in [0.29, 0.717) is 18.4 Å². The van der Waals surface area contributed by atoms with Crippen LogP contribution < -0.4 is 10.6 Å². The van der Waals surface area contributed by atoms with Crippen LogP contribution in [0.4, 0.5) is 0 Å². The van der Waals surface area contributed by atoms with Gasteiger partial charge >= 0.3 is 0 Å². The van der Waals surface area contributed by atoms with Crippen LogP contribution in [0.1, 0.15) is 50.3 Å². The average Bonchev–Trinajstić information content (AvgIpc) is 3.11. The van der Waals surface area contributed by atoms with Crippen LogP contribution in [0.3, 0.4) is 0 Å². The summed E-state index contributed by atoms with van der Waals surface area (Å²) in [6.07, 6.45) is 1.92. The minimum Gasteiger partial charge on any atom is -0.377 e. The van der Waals surface area contributed by atoms with E-state index in [-0.39, 0.29) is 6.04 Å². The third-order valence-corrected chi connectivity index (χ3v) is 5.34. The molecule has 0 bridgehead atoms. The van der Waals surface area contributed by atoms with Crippen molar-refractivity contribution in [1.29, 1.82) is 0 Å². The first-order valence-electron chi connectivity index (χ1n) is 10.6. The summed E-state index contributed by atoms with van der Waals surface area (Å²) in [6, 6.07) is 11.0. The highest BCUT2D eigenvalue weighted by molar-refractivity contribution is 5.80. The highest BCUT2D eigenvalue weighted by Gasteiger charge is 2.23. The number of benzene rings is 1. The number of rotatable bonds is 8. The minimum absolute atomic E-state index is 0.284. The SMILES string of the molecule is CCNC(=NCC(c1ccccc1)C(C)C)NC1CCc2nc(COC)nn2C1. The molecule has 2 atom stereocenters. The standard InChI is InChI=1S/C22H34N6O/c1-5-23-22(24-13-19(16(2)3)17-9-7-6-8-10-17)25-18-11-12-21-26-20(15-29-4)27-28(21)14-18/h6-10,16,18-19H,5,11-15H2,1-4H3,(H2,23,24,25). The van der Waals surface area contributed by atoms with Gasteiger partial charge in [-0.05, 0) is 24.8 Å². The Morgan fingerprint density at radius 2 is 2.10 bits per heavy atom. The van der Waals surface area contributed by atoms with Gasteiger partial charge in [-0.15, -0.1) is 0 Å². The number of hydrogen-bond donors (Lipinski definition) is 2. The van der Waals surface area contributed by atoms with E-state index in [9.17, 15) is 0 Å². The Hall–Kier alpha value is -2.41. The first-order chi connectivity index (χ1) is 14.1. The minimum atomic E-state index is 0.284. The number of aliphatic imine (C=N–C) groups is 1. The number of aromatic nitrogens is 3. The van der Waals surface area contributed by atoms with Crippen LogP contribution in [-0.4, -0.2) is 47.0 Å². The molecule has 0 spiro atoms. The molecule has 0 saturated heterocycles. The van der Waals surface area contributed by atoms with Crippen molar-refractivity contribution in [3.05, 3.63) is 47.5 Å². The van der Waals surface area contributed by atoms with Crippen molar-refractivity contribution >= 4 is 5.96 Å². The van der Waals surface area contributed by atoms with Gasteiger partial charge in [-0.2, -0.15) is 5.10 Å². The fourth-order valence-corrected chi connectivity index (χ4v) is 3.77. The van der Waals surface area contributed by atoms with Crippen LogP contribution in [0.25, 0.3) is 0 Å². The van der Waals surface area contributed by atoms with E-state index in [2.05, 4.69) is 71.8 Å². The van der Waals surface area contributed by atoms with Crippen molar-refractivity contribution < 1.29 is 4.74 Å². The van der Waals surface area contributed by atoms with E-state index in [0.717, 1.165) is 50.1 Å². The van der Waals surface area contributed by atoms with E-state index in [4.69, 9.17) is 9.73 Å². The lowest BCUT2D eigenvalue weighted by molar-refractivity contribution is 0.177. The topological polar surface area (TPSA) is 76.4 Å². The maximum absolute atomic E-state index is 5.16. The molecule has 3 rings (SSSR count). The van der Waals surface area contributed by atoms with Gasteiger partial charge in [0.1, 0.15) is 12.4 Å². The highest BCUT2D eigenvalue weighted by Crippen LogP contribution is 2.24. The van der Waals surface area contributed by atoms with Gasteiger partial charge < -0.3 is 15.4 Å². The average molecular weight is 399 g/mol. The number of ether oxygens (including phenoxy) is 1. The number of nitrogens with one attached hydrogen (secondary N) is 2. The molecule has 0 fully saturated rings. The monoisotopic (exact) mass is 398 g/mol. The van der Waals surface area contributed by atoms with Crippen molar-refractivity contribution in [2.45, 2.75) is 58.7 Å². The Kier molecular flexibility index (Phi) is 7.63. The van der Waals surface area contributed by atoms with Crippen LogP contribution in [0.15, 0.2) is 35.3 Å². The van der Waals surface area contributed by atoms with Crippen LogP contribution in [-0.2, 0) is 24.3 Å². The smallest absolute Gasteiger partial charge is 0.191 e. The molecular formula is C22H34N6O. The third-order valence-electron chi connectivity index (χ3n) is 5.34. The molecule has 0 radical (unpaired) electrons. The molecule has 158 valence electrons. The molecule has 1 aromatic carbocycles. The number of nitrogens with zero attached hydrogens (tertiary/aromatic N) is 4. The second-order valence-corrected chi connectivity index (χ2v) is 7.92. The fraction of sp³-hybridized carbons (Fsp3) is 0.591. The maximum atomic E-state index is 5.16. The molecule has 29 heavy (non-hydrogen) atoms. The summed E-state index contributed by atoms with van der Waals surface area (Å²) in [7, 11) is 1.67. The summed E-state index contributed by atoms with van der Waals surface area (Å²) in [6.45, 7) is 9.47.